The number of nitrogens with zero attached hydrogens (tertiary/aromatic N) is 6. The molecule has 0 aliphatic rings. The first-order valence-electron chi connectivity index (χ1n) is 6.39. The minimum absolute atomic E-state index is 0.910. The minimum atomic E-state index is -3.77. The van der Waals surface area contributed by atoms with Gasteiger partial charge in [0.15, 0.2) is 42.4 Å². The molecular weight excluding hydrogens is 392 g/mol. The summed E-state index contributed by atoms with van der Waals surface area (Å²) in [6.45, 7) is -2.78. The summed E-state index contributed by atoms with van der Waals surface area (Å²) in [5.74, 6) is -7.53. The monoisotopic (exact) mass is 402 g/mol. The lowest BCUT2D eigenvalue weighted by molar-refractivity contribution is -0.970. The molecule has 0 N–H and O–H groups in total. The van der Waals surface area contributed by atoms with Crippen molar-refractivity contribution in [2.24, 2.45) is 0 Å². The number of nitro groups is 6. The molecule has 0 radical (unpaired) electrons. The summed E-state index contributed by atoms with van der Waals surface area (Å²) in [7, 11) is 0. The Morgan fingerprint density at radius 1 is 0.519 bits per heavy atom. The van der Waals surface area contributed by atoms with Crippen LogP contribution in [0.25, 0.3) is 0 Å². The molecule has 152 valence electrons. The van der Waals surface area contributed by atoms with Crippen molar-refractivity contribution in [3.05, 3.63) is 60.7 Å². The molecule has 0 aromatic heterocycles. The molecule has 0 aliphatic heterocycles. The van der Waals surface area contributed by atoms with Crippen molar-refractivity contribution in [2.75, 3.05) is 20.0 Å². The summed E-state index contributed by atoms with van der Waals surface area (Å²) in [6.07, 6.45) is -2.63. The second kappa shape index (κ2) is 9.14. The van der Waals surface area contributed by atoms with Gasteiger partial charge in [0.2, 0.25) is 0 Å². The van der Waals surface area contributed by atoms with Crippen molar-refractivity contribution < 1.29 is 39.0 Å². The standard InChI is InChI=1S/C7H10N6O14/c14-8(15)6(9(16)17,10(18)19)1-3-26-5-27-4-2-7(11(20)21,12(22)23)13(24)25/h1-5H2. The van der Waals surface area contributed by atoms with Gasteiger partial charge in [0, 0.05) is 0 Å². The summed E-state index contributed by atoms with van der Waals surface area (Å²) in [6, 6.07) is 0. The quantitative estimate of drug-likeness (QED) is 0.142. The van der Waals surface area contributed by atoms with E-state index in [1.54, 1.807) is 0 Å². The third-order valence-electron chi connectivity index (χ3n) is 3.08. The Hall–Kier alpha value is -3.68. The second-order valence-electron chi connectivity index (χ2n) is 4.53. The van der Waals surface area contributed by atoms with Crippen molar-refractivity contribution in [3.63, 3.8) is 0 Å². The molecule has 0 saturated carbocycles. The van der Waals surface area contributed by atoms with E-state index in [9.17, 15) is 60.7 Å². The zero-order valence-electron chi connectivity index (χ0n) is 12.9. The van der Waals surface area contributed by atoms with Gasteiger partial charge in [0.25, 0.3) is 0 Å². The van der Waals surface area contributed by atoms with Gasteiger partial charge >= 0.3 is 11.6 Å². The summed E-state index contributed by atoms with van der Waals surface area (Å²) in [5.41, 5.74) is 0. The summed E-state index contributed by atoms with van der Waals surface area (Å²) in [5, 5.41) is 63.7. The normalized spacial score (nSPS) is 11.6. The number of hydrogen-bond donors (Lipinski definition) is 0. The molecule has 0 aromatic carbocycles. The Morgan fingerprint density at radius 2 is 0.741 bits per heavy atom. The van der Waals surface area contributed by atoms with E-state index in [2.05, 4.69) is 9.47 Å². The SMILES string of the molecule is O=[N+]([O-])C(CCOCOCCC([N+](=O)[O-])([N+](=O)[O-])[N+](=O)[O-])([N+](=O)[O-])[N+](=O)[O-]. The van der Waals surface area contributed by atoms with Crippen LogP contribution in [0.5, 0.6) is 0 Å². The molecule has 20 heteroatoms. The van der Waals surface area contributed by atoms with Crippen LogP contribution in [-0.4, -0.2) is 61.1 Å². The van der Waals surface area contributed by atoms with Crippen LogP contribution < -0.4 is 0 Å². The lowest BCUT2D eigenvalue weighted by atomic mass is 10.3. The lowest BCUT2D eigenvalue weighted by Crippen LogP contribution is -2.54. The third-order valence-corrected chi connectivity index (χ3v) is 3.08. The molecule has 0 unspecified atom stereocenters. The number of hydrogen-bond acceptors (Lipinski definition) is 14. The Bertz CT molecular complexity index is 522. The van der Waals surface area contributed by atoms with Gasteiger partial charge in [-0.15, -0.1) is 0 Å². The molecule has 0 fully saturated rings. The summed E-state index contributed by atoms with van der Waals surface area (Å²) >= 11 is 0. The van der Waals surface area contributed by atoms with Crippen molar-refractivity contribution >= 4 is 0 Å². The molecule has 20 nitrogen and oxygen atoms in total. The molecule has 0 aromatic rings. The van der Waals surface area contributed by atoms with Crippen LogP contribution in [0.15, 0.2) is 0 Å². The lowest BCUT2D eigenvalue weighted by Gasteiger charge is -2.10. The van der Waals surface area contributed by atoms with Crippen molar-refractivity contribution in [2.45, 2.75) is 24.4 Å². The highest BCUT2D eigenvalue weighted by Crippen LogP contribution is 2.18. The number of rotatable bonds is 14. The Labute approximate surface area is 145 Å². The second-order valence-corrected chi connectivity index (χ2v) is 4.53. The average Bonchev–Trinajstić information content (AvgIpc) is 2.51. The molecule has 0 heterocycles. The number of ether oxygens (including phenoxy) is 2. The van der Waals surface area contributed by atoms with E-state index in [4.69, 9.17) is 0 Å². The largest absolute Gasteiger partial charge is 0.702 e. The first-order chi connectivity index (χ1) is 12.4. The maximum atomic E-state index is 10.6. The minimum Gasteiger partial charge on any atom is -0.354 e. The Morgan fingerprint density at radius 3 is 0.926 bits per heavy atom. The molecule has 0 spiro atoms. The van der Waals surface area contributed by atoms with Crippen molar-refractivity contribution in [1.29, 1.82) is 0 Å². The first-order valence-corrected chi connectivity index (χ1v) is 6.39. The highest BCUT2D eigenvalue weighted by atomic mass is 16.7. The smallest absolute Gasteiger partial charge is 0.354 e. The van der Waals surface area contributed by atoms with Gasteiger partial charge in [-0.2, -0.15) is 0 Å². The van der Waals surface area contributed by atoms with Gasteiger partial charge in [0.1, 0.15) is 6.79 Å². The fraction of sp³-hybridized carbons (Fsp3) is 1.00. The molecule has 0 amide bonds. The van der Waals surface area contributed by atoms with E-state index in [1.165, 1.54) is 0 Å². The third kappa shape index (κ3) is 4.69. The average molecular weight is 402 g/mol. The fourth-order valence-corrected chi connectivity index (χ4v) is 1.54. The van der Waals surface area contributed by atoms with E-state index in [-0.39, 0.29) is 0 Å². The highest BCUT2D eigenvalue weighted by molar-refractivity contribution is 4.54. The maximum absolute atomic E-state index is 10.6. The van der Waals surface area contributed by atoms with Crippen LogP contribution in [0.4, 0.5) is 0 Å². The van der Waals surface area contributed by atoms with Gasteiger partial charge in [-0.3, -0.25) is 60.7 Å². The van der Waals surface area contributed by atoms with Crippen LogP contribution in [0.1, 0.15) is 12.8 Å². The molecule has 0 saturated heterocycles. The zero-order valence-corrected chi connectivity index (χ0v) is 12.9. The van der Waals surface area contributed by atoms with E-state index in [0.717, 1.165) is 0 Å². The first kappa shape index (κ1) is 23.3. The highest BCUT2D eigenvalue weighted by Gasteiger charge is 2.70. The molecular formula is C7H10N6O14. The zero-order chi connectivity index (χ0) is 21.4. The van der Waals surface area contributed by atoms with Crippen LogP contribution in [0, 0.1) is 60.7 Å². The topological polar surface area (TPSA) is 277 Å². The van der Waals surface area contributed by atoms with E-state index >= 15 is 0 Å². The van der Waals surface area contributed by atoms with Crippen LogP contribution >= 0.6 is 0 Å². The molecule has 0 aliphatic carbocycles. The predicted molar refractivity (Wildman–Crippen MR) is 73.4 cm³/mol. The summed E-state index contributed by atoms with van der Waals surface area (Å²) in [4.78, 5) is 53.3. The Kier molecular flexibility index (Phi) is 7.89. The molecule has 27 heavy (non-hydrogen) atoms. The molecule has 0 atom stereocenters. The van der Waals surface area contributed by atoms with E-state index in [0.29, 0.717) is 0 Å². The van der Waals surface area contributed by atoms with Gasteiger partial charge in [-0.1, -0.05) is 0 Å². The molecule has 0 bridgehead atoms. The van der Waals surface area contributed by atoms with Crippen LogP contribution in [-0.2, 0) is 9.47 Å². The van der Waals surface area contributed by atoms with Gasteiger partial charge in [-0.05, 0) is 0 Å². The van der Waals surface area contributed by atoms with E-state index in [1.807, 2.05) is 0 Å². The fourth-order valence-electron chi connectivity index (χ4n) is 1.54. The van der Waals surface area contributed by atoms with Gasteiger partial charge in [0.05, 0.1) is 13.2 Å². The predicted octanol–water partition coefficient (Wildman–Crippen LogP) is -1.27. The maximum Gasteiger partial charge on any atom is 0.702 e. The van der Waals surface area contributed by atoms with Crippen molar-refractivity contribution in [1.82, 2.24) is 0 Å². The van der Waals surface area contributed by atoms with Gasteiger partial charge < -0.3 is 9.47 Å². The van der Waals surface area contributed by atoms with E-state index < -0.39 is 74.0 Å². The van der Waals surface area contributed by atoms with Crippen molar-refractivity contribution in [3.8, 4) is 0 Å². The van der Waals surface area contributed by atoms with Gasteiger partial charge in [-0.25, -0.2) is 0 Å². The van der Waals surface area contributed by atoms with Crippen LogP contribution in [0.2, 0.25) is 0 Å². The Balaban J connectivity index is 4.64. The summed E-state index contributed by atoms with van der Waals surface area (Å²) < 4.78 is 8.98. The van der Waals surface area contributed by atoms with Crippen LogP contribution in [0.3, 0.4) is 0 Å². The molecule has 0 rings (SSSR count).